The van der Waals surface area contributed by atoms with Gasteiger partial charge in [0.1, 0.15) is 0 Å². The Morgan fingerprint density at radius 1 is 1.26 bits per heavy atom. The van der Waals surface area contributed by atoms with Gasteiger partial charge in [0.05, 0.1) is 6.10 Å². The lowest BCUT2D eigenvalue weighted by Crippen LogP contribution is -2.67. The molecule has 3 unspecified atom stereocenters. The molecule has 1 heterocycles. The molecule has 0 spiro atoms. The molecule has 1 aromatic rings. The van der Waals surface area contributed by atoms with E-state index in [1.807, 2.05) is 0 Å². The lowest BCUT2D eigenvalue weighted by molar-refractivity contribution is -0.177. The number of aryl methyl sites for hydroxylation is 1. The van der Waals surface area contributed by atoms with Crippen LogP contribution in [0.2, 0.25) is 0 Å². The summed E-state index contributed by atoms with van der Waals surface area (Å²) >= 11 is 0. The summed E-state index contributed by atoms with van der Waals surface area (Å²) in [6.07, 6.45) is 4.07. The fraction of sp³-hybridized carbons (Fsp3) is 0.647. The molecule has 19 heavy (non-hydrogen) atoms. The van der Waals surface area contributed by atoms with Crippen LogP contribution < -0.4 is 5.32 Å². The maximum absolute atomic E-state index is 5.96. The van der Waals surface area contributed by atoms with E-state index < -0.39 is 0 Å². The first-order chi connectivity index (χ1) is 9.13. The Balaban J connectivity index is 1.71. The summed E-state index contributed by atoms with van der Waals surface area (Å²) in [5, 5.41) is 3.74. The van der Waals surface area contributed by atoms with Gasteiger partial charge >= 0.3 is 0 Å². The predicted molar refractivity (Wildman–Crippen MR) is 79.5 cm³/mol. The second-order valence-electron chi connectivity index (χ2n) is 6.59. The number of fused-ring (bicyclic) bond motifs is 1. The summed E-state index contributed by atoms with van der Waals surface area (Å²) < 4.78 is 5.96. The van der Waals surface area contributed by atoms with Crippen molar-refractivity contribution in [1.29, 1.82) is 0 Å². The van der Waals surface area contributed by atoms with Crippen LogP contribution in [-0.4, -0.2) is 18.8 Å². The second-order valence-corrected chi connectivity index (χ2v) is 6.59. The molecular formula is C17H25NO. The molecule has 1 aliphatic carbocycles. The van der Waals surface area contributed by atoms with Gasteiger partial charge < -0.3 is 10.1 Å². The maximum Gasteiger partial charge on any atom is 0.0693 e. The van der Waals surface area contributed by atoms with Gasteiger partial charge in [-0.05, 0) is 37.0 Å². The van der Waals surface area contributed by atoms with Crippen molar-refractivity contribution in [2.75, 3.05) is 11.9 Å². The monoisotopic (exact) mass is 259 g/mol. The minimum Gasteiger partial charge on any atom is -0.381 e. The molecule has 0 bridgehead atoms. The van der Waals surface area contributed by atoms with Crippen molar-refractivity contribution in [3.8, 4) is 0 Å². The van der Waals surface area contributed by atoms with E-state index in [4.69, 9.17) is 4.74 Å². The van der Waals surface area contributed by atoms with Crippen LogP contribution >= 0.6 is 0 Å². The average molecular weight is 259 g/mol. The van der Waals surface area contributed by atoms with Gasteiger partial charge in [-0.25, -0.2) is 0 Å². The molecule has 104 valence electrons. The number of nitrogens with one attached hydrogen (secondary N) is 1. The SMILES string of the molecule is CCc1ccc(NC2C3CCCOC3C2(C)C)cc1. The zero-order valence-electron chi connectivity index (χ0n) is 12.3. The standard InChI is InChI=1S/C17H25NO/c1-4-12-7-9-13(10-8-12)18-15-14-6-5-11-19-16(14)17(15,2)3/h7-10,14-16,18H,4-6,11H2,1-3H3. The molecule has 2 fully saturated rings. The highest BCUT2D eigenvalue weighted by Gasteiger charge is 2.57. The van der Waals surface area contributed by atoms with Crippen LogP contribution in [0.4, 0.5) is 5.69 Å². The number of ether oxygens (including phenoxy) is 1. The zero-order valence-corrected chi connectivity index (χ0v) is 12.3. The van der Waals surface area contributed by atoms with Gasteiger partial charge in [0, 0.05) is 29.7 Å². The maximum atomic E-state index is 5.96. The summed E-state index contributed by atoms with van der Waals surface area (Å²) in [7, 11) is 0. The van der Waals surface area contributed by atoms with Crippen molar-refractivity contribution >= 4 is 5.69 Å². The molecule has 2 heteroatoms. The molecule has 1 aromatic carbocycles. The molecule has 1 saturated carbocycles. The summed E-state index contributed by atoms with van der Waals surface area (Å²) in [5.74, 6) is 0.689. The number of anilines is 1. The molecule has 0 amide bonds. The van der Waals surface area contributed by atoms with Crippen LogP contribution in [0.25, 0.3) is 0 Å². The highest BCUT2D eigenvalue weighted by Crippen LogP contribution is 2.52. The van der Waals surface area contributed by atoms with Crippen molar-refractivity contribution in [3.05, 3.63) is 29.8 Å². The lowest BCUT2D eigenvalue weighted by atomic mass is 9.55. The van der Waals surface area contributed by atoms with Crippen LogP contribution in [0, 0.1) is 11.3 Å². The lowest BCUT2D eigenvalue weighted by Gasteiger charge is -2.60. The molecule has 2 nitrogen and oxygen atoms in total. The molecule has 3 atom stereocenters. The Morgan fingerprint density at radius 2 is 2.00 bits per heavy atom. The van der Waals surface area contributed by atoms with Gasteiger partial charge in [0.25, 0.3) is 0 Å². The Bertz CT molecular complexity index is 437. The minimum atomic E-state index is 0.245. The van der Waals surface area contributed by atoms with Crippen molar-refractivity contribution in [3.63, 3.8) is 0 Å². The van der Waals surface area contributed by atoms with Crippen LogP contribution in [-0.2, 0) is 11.2 Å². The average Bonchev–Trinajstić information content (AvgIpc) is 2.45. The summed E-state index contributed by atoms with van der Waals surface area (Å²) in [6.45, 7) is 7.80. The van der Waals surface area contributed by atoms with Crippen LogP contribution in [0.15, 0.2) is 24.3 Å². The zero-order chi connectivity index (χ0) is 13.5. The first kappa shape index (κ1) is 13.0. The van der Waals surface area contributed by atoms with Gasteiger partial charge in [-0.1, -0.05) is 32.9 Å². The molecule has 1 aliphatic heterocycles. The van der Waals surface area contributed by atoms with E-state index in [1.165, 1.54) is 24.1 Å². The Hall–Kier alpha value is -1.02. The van der Waals surface area contributed by atoms with Gasteiger partial charge in [-0.3, -0.25) is 0 Å². The topological polar surface area (TPSA) is 21.3 Å². The van der Waals surface area contributed by atoms with E-state index in [1.54, 1.807) is 0 Å². The summed E-state index contributed by atoms with van der Waals surface area (Å²) in [4.78, 5) is 0. The molecule has 3 rings (SSSR count). The predicted octanol–water partition coefficient (Wildman–Crippen LogP) is 3.86. The van der Waals surface area contributed by atoms with E-state index in [0.717, 1.165) is 13.0 Å². The fourth-order valence-corrected chi connectivity index (χ4v) is 3.83. The third kappa shape index (κ3) is 2.16. The Labute approximate surface area is 116 Å². The van der Waals surface area contributed by atoms with Crippen molar-refractivity contribution < 1.29 is 4.74 Å². The van der Waals surface area contributed by atoms with Gasteiger partial charge in [0.15, 0.2) is 0 Å². The van der Waals surface area contributed by atoms with Crippen molar-refractivity contribution in [1.82, 2.24) is 0 Å². The molecule has 0 radical (unpaired) electrons. The van der Waals surface area contributed by atoms with Crippen LogP contribution in [0.5, 0.6) is 0 Å². The Morgan fingerprint density at radius 3 is 2.68 bits per heavy atom. The molecule has 0 aromatic heterocycles. The normalized spacial score (nSPS) is 32.3. The quantitative estimate of drug-likeness (QED) is 0.890. The number of benzene rings is 1. The Kier molecular flexibility index (Phi) is 3.30. The third-order valence-corrected chi connectivity index (χ3v) is 5.02. The number of hydrogen-bond acceptors (Lipinski definition) is 2. The number of hydrogen-bond donors (Lipinski definition) is 1. The second kappa shape index (κ2) is 4.82. The molecule has 1 saturated heterocycles. The first-order valence-corrected chi connectivity index (χ1v) is 7.60. The highest BCUT2D eigenvalue weighted by atomic mass is 16.5. The van der Waals surface area contributed by atoms with E-state index in [0.29, 0.717) is 18.1 Å². The van der Waals surface area contributed by atoms with Gasteiger partial charge in [-0.2, -0.15) is 0 Å². The fourth-order valence-electron chi connectivity index (χ4n) is 3.83. The van der Waals surface area contributed by atoms with E-state index in [2.05, 4.69) is 50.4 Å². The van der Waals surface area contributed by atoms with Gasteiger partial charge in [-0.15, -0.1) is 0 Å². The van der Waals surface area contributed by atoms with E-state index in [-0.39, 0.29) is 5.41 Å². The van der Waals surface area contributed by atoms with Crippen molar-refractivity contribution in [2.24, 2.45) is 11.3 Å². The molecule has 2 aliphatic rings. The first-order valence-electron chi connectivity index (χ1n) is 7.60. The smallest absolute Gasteiger partial charge is 0.0693 e. The minimum absolute atomic E-state index is 0.245. The largest absolute Gasteiger partial charge is 0.381 e. The van der Waals surface area contributed by atoms with Crippen molar-refractivity contribution in [2.45, 2.75) is 52.2 Å². The van der Waals surface area contributed by atoms with E-state index >= 15 is 0 Å². The summed E-state index contributed by atoms with van der Waals surface area (Å²) in [5.41, 5.74) is 2.89. The number of rotatable bonds is 3. The molecule has 1 N–H and O–H groups in total. The highest BCUT2D eigenvalue weighted by molar-refractivity contribution is 5.47. The molecular weight excluding hydrogens is 234 g/mol. The van der Waals surface area contributed by atoms with Crippen LogP contribution in [0.3, 0.4) is 0 Å². The third-order valence-electron chi connectivity index (χ3n) is 5.02. The van der Waals surface area contributed by atoms with Gasteiger partial charge in [0.2, 0.25) is 0 Å². The van der Waals surface area contributed by atoms with Crippen LogP contribution in [0.1, 0.15) is 39.2 Å². The summed E-state index contributed by atoms with van der Waals surface area (Å²) in [6, 6.07) is 9.43. The van der Waals surface area contributed by atoms with E-state index in [9.17, 15) is 0 Å².